The number of nitrogens with one attached hydrogen (secondary N) is 1. The summed E-state index contributed by atoms with van der Waals surface area (Å²) in [6, 6.07) is 2.91. The van der Waals surface area contributed by atoms with E-state index in [0.717, 1.165) is 4.88 Å². The van der Waals surface area contributed by atoms with Crippen molar-refractivity contribution in [3.8, 4) is 0 Å². The van der Waals surface area contributed by atoms with Crippen LogP contribution in [0.4, 0.5) is 10.1 Å². The maximum absolute atomic E-state index is 13.5. The molecule has 1 N–H and O–H groups in total. The number of thiazole rings is 1. The highest BCUT2D eigenvalue weighted by atomic mass is 79.9. The molecule has 1 aromatic heterocycles. The number of anilines is 1. The molecule has 0 radical (unpaired) electrons. The molecule has 0 atom stereocenters. The van der Waals surface area contributed by atoms with Crippen molar-refractivity contribution in [3.05, 3.63) is 43.0 Å². The van der Waals surface area contributed by atoms with Gasteiger partial charge in [0.25, 0.3) is 0 Å². The van der Waals surface area contributed by atoms with Crippen LogP contribution in [0.5, 0.6) is 0 Å². The Bertz CT molecular complexity index is 547. The highest BCUT2D eigenvalue weighted by Gasteiger charge is 2.10. The van der Waals surface area contributed by atoms with Crippen molar-refractivity contribution in [2.24, 2.45) is 0 Å². The van der Waals surface area contributed by atoms with E-state index < -0.39 is 5.82 Å². The zero-order valence-corrected chi connectivity index (χ0v) is 12.2. The molecular formula is C10H6BrCl2FN2S. The first kappa shape index (κ1) is 13.1. The molecule has 0 amide bonds. The van der Waals surface area contributed by atoms with Gasteiger partial charge in [-0.05, 0) is 28.1 Å². The third kappa shape index (κ3) is 3.10. The Hall–Kier alpha value is -0.360. The fourth-order valence-corrected chi connectivity index (χ4v) is 2.70. The highest BCUT2D eigenvalue weighted by Crippen LogP contribution is 2.33. The summed E-state index contributed by atoms with van der Waals surface area (Å²) in [6.45, 7) is 0.428. The van der Waals surface area contributed by atoms with Gasteiger partial charge in [-0.2, -0.15) is 0 Å². The van der Waals surface area contributed by atoms with E-state index in [9.17, 15) is 4.39 Å². The Kier molecular flexibility index (Phi) is 4.25. The van der Waals surface area contributed by atoms with E-state index in [4.69, 9.17) is 23.2 Å². The van der Waals surface area contributed by atoms with Crippen LogP contribution in [0, 0.1) is 5.82 Å². The lowest BCUT2D eigenvalue weighted by molar-refractivity contribution is 0.630. The van der Waals surface area contributed by atoms with Crippen LogP contribution in [0.25, 0.3) is 0 Å². The van der Waals surface area contributed by atoms with E-state index in [2.05, 4.69) is 26.2 Å². The van der Waals surface area contributed by atoms with Crippen LogP contribution in [0.3, 0.4) is 0 Å². The van der Waals surface area contributed by atoms with Crippen LogP contribution in [0.1, 0.15) is 4.88 Å². The number of halogens is 4. The van der Waals surface area contributed by atoms with Crippen molar-refractivity contribution in [2.75, 3.05) is 5.32 Å². The lowest BCUT2D eigenvalue weighted by atomic mass is 10.3. The average molecular weight is 356 g/mol. The SMILES string of the molecule is Fc1ccc(Br)c(Cl)c1NCc1cnc(Cl)s1. The molecule has 2 nitrogen and oxygen atoms in total. The fourth-order valence-electron chi connectivity index (χ4n) is 1.23. The van der Waals surface area contributed by atoms with E-state index in [1.54, 1.807) is 12.3 Å². The molecule has 0 unspecified atom stereocenters. The number of hydrogen-bond acceptors (Lipinski definition) is 3. The molecule has 0 spiro atoms. The molecule has 7 heteroatoms. The summed E-state index contributed by atoms with van der Waals surface area (Å²) in [4.78, 5) is 4.81. The van der Waals surface area contributed by atoms with Gasteiger partial charge < -0.3 is 5.32 Å². The van der Waals surface area contributed by atoms with E-state index in [0.29, 0.717) is 20.5 Å². The van der Waals surface area contributed by atoms with E-state index in [-0.39, 0.29) is 5.69 Å². The molecule has 0 saturated carbocycles. The second kappa shape index (κ2) is 5.52. The molecule has 90 valence electrons. The van der Waals surface area contributed by atoms with E-state index in [1.807, 2.05) is 0 Å². The molecule has 17 heavy (non-hydrogen) atoms. The average Bonchev–Trinajstić information content (AvgIpc) is 2.70. The van der Waals surface area contributed by atoms with Gasteiger partial charge in [-0.1, -0.05) is 23.2 Å². The Balaban J connectivity index is 2.16. The summed E-state index contributed by atoms with van der Waals surface area (Å²) in [5.74, 6) is -0.395. The summed E-state index contributed by atoms with van der Waals surface area (Å²) in [6.07, 6.45) is 1.64. The van der Waals surface area contributed by atoms with Crippen molar-refractivity contribution in [1.29, 1.82) is 0 Å². The Morgan fingerprint density at radius 3 is 2.82 bits per heavy atom. The number of hydrogen-bond donors (Lipinski definition) is 1. The third-order valence-electron chi connectivity index (χ3n) is 2.01. The largest absolute Gasteiger partial charge is 0.376 e. The Morgan fingerprint density at radius 1 is 1.41 bits per heavy atom. The monoisotopic (exact) mass is 354 g/mol. The second-order valence-electron chi connectivity index (χ2n) is 3.15. The minimum Gasteiger partial charge on any atom is -0.376 e. The van der Waals surface area contributed by atoms with Gasteiger partial charge >= 0.3 is 0 Å². The summed E-state index contributed by atoms with van der Waals surface area (Å²) in [5.41, 5.74) is 0.269. The Morgan fingerprint density at radius 2 is 2.18 bits per heavy atom. The van der Waals surface area contributed by atoms with Gasteiger partial charge in [0.05, 0.1) is 17.3 Å². The van der Waals surface area contributed by atoms with Crippen molar-refractivity contribution in [1.82, 2.24) is 4.98 Å². The van der Waals surface area contributed by atoms with Gasteiger partial charge in [0, 0.05) is 15.5 Å². The maximum Gasteiger partial charge on any atom is 0.183 e. The number of benzene rings is 1. The maximum atomic E-state index is 13.5. The highest BCUT2D eigenvalue weighted by molar-refractivity contribution is 9.10. The van der Waals surface area contributed by atoms with Crippen molar-refractivity contribution in [2.45, 2.75) is 6.54 Å². The number of rotatable bonds is 3. The fraction of sp³-hybridized carbons (Fsp3) is 0.100. The second-order valence-corrected chi connectivity index (χ2v) is 6.08. The molecule has 0 saturated heterocycles. The van der Waals surface area contributed by atoms with Crippen LogP contribution in [0.15, 0.2) is 22.8 Å². The first-order valence-corrected chi connectivity index (χ1v) is 6.92. The standard InChI is InChI=1S/C10H6BrCl2FN2S/c11-6-1-2-7(14)9(8(6)12)15-3-5-4-16-10(13)17-5/h1-2,4,15H,3H2. The lowest BCUT2D eigenvalue weighted by Gasteiger charge is -2.09. The predicted octanol–water partition coefficient (Wildman–Crippen LogP) is 4.96. The number of aromatic nitrogens is 1. The third-order valence-corrected chi connectivity index (χ3v) is 4.41. The van der Waals surface area contributed by atoms with Gasteiger partial charge in [-0.25, -0.2) is 9.37 Å². The van der Waals surface area contributed by atoms with Crippen LogP contribution >= 0.6 is 50.5 Å². The molecule has 1 heterocycles. The van der Waals surface area contributed by atoms with Gasteiger partial charge in [0.2, 0.25) is 0 Å². The van der Waals surface area contributed by atoms with Gasteiger partial charge in [0.1, 0.15) is 5.82 Å². The summed E-state index contributed by atoms with van der Waals surface area (Å²) in [7, 11) is 0. The number of nitrogens with zero attached hydrogens (tertiary/aromatic N) is 1. The van der Waals surface area contributed by atoms with E-state index in [1.165, 1.54) is 17.4 Å². The van der Waals surface area contributed by atoms with Crippen molar-refractivity contribution in [3.63, 3.8) is 0 Å². The molecular weight excluding hydrogens is 350 g/mol. The smallest absolute Gasteiger partial charge is 0.183 e. The van der Waals surface area contributed by atoms with Crippen LogP contribution < -0.4 is 5.32 Å². The first-order chi connectivity index (χ1) is 8.08. The summed E-state index contributed by atoms with van der Waals surface area (Å²) < 4.78 is 14.6. The van der Waals surface area contributed by atoms with Crippen LogP contribution in [0.2, 0.25) is 9.49 Å². The summed E-state index contributed by atoms with van der Waals surface area (Å²) in [5, 5.41) is 3.25. The van der Waals surface area contributed by atoms with Crippen molar-refractivity contribution >= 4 is 56.2 Å². The normalized spacial score (nSPS) is 10.6. The quantitative estimate of drug-likeness (QED) is 0.786. The Labute approximate surface area is 120 Å². The molecule has 2 rings (SSSR count). The molecule has 0 aliphatic heterocycles. The molecule has 0 aliphatic carbocycles. The van der Waals surface area contributed by atoms with Gasteiger partial charge in [0.15, 0.2) is 4.47 Å². The minimum atomic E-state index is -0.395. The molecule has 0 bridgehead atoms. The molecule has 1 aromatic carbocycles. The zero-order valence-electron chi connectivity index (χ0n) is 8.31. The van der Waals surface area contributed by atoms with Gasteiger partial charge in [-0.3, -0.25) is 0 Å². The van der Waals surface area contributed by atoms with Crippen molar-refractivity contribution < 1.29 is 4.39 Å². The zero-order chi connectivity index (χ0) is 12.4. The van der Waals surface area contributed by atoms with Crippen LogP contribution in [-0.4, -0.2) is 4.98 Å². The topological polar surface area (TPSA) is 24.9 Å². The van der Waals surface area contributed by atoms with Crippen LogP contribution in [-0.2, 0) is 6.54 Å². The molecule has 2 aromatic rings. The molecule has 0 aliphatic rings. The predicted molar refractivity (Wildman–Crippen MR) is 73.6 cm³/mol. The minimum absolute atomic E-state index is 0.269. The lowest BCUT2D eigenvalue weighted by Crippen LogP contribution is -2.01. The summed E-state index contributed by atoms with van der Waals surface area (Å²) >= 11 is 16.3. The first-order valence-electron chi connectivity index (χ1n) is 4.55. The molecule has 0 fully saturated rings. The van der Waals surface area contributed by atoms with Gasteiger partial charge in [-0.15, -0.1) is 11.3 Å². The van der Waals surface area contributed by atoms with E-state index >= 15 is 0 Å².